The number of hydrogen-bond donors (Lipinski definition) is 1. The third kappa shape index (κ3) is 3.58. The summed E-state index contributed by atoms with van der Waals surface area (Å²) in [7, 11) is 0. The molecule has 0 aromatic heterocycles. The summed E-state index contributed by atoms with van der Waals surface area (Å²) in [6, 6.07) is 0.722. The van der Waals surface area contributed by atoms with Crippen molar-refractivity contribution >= 4 is 0 Å². The molecule has 0 heterocycles. The van der Waals surface area contributed by atoms with E-state index in [1.807, 2.05) is 0 Å². The Labute approximate surface area is 88.4 Å². The molecular formula is C12H25NO. The van der Waals surface area contributed by atoms with E-state index in [-0.39, 0.29) is 0 Å². The predicted molar refractivity (Wildman–Crippen MR) is 60.5 cm³/mol. The second-order valence-corrected chi connectivity index (χ2v) is 4.83. The molecule has 0 aromatic carbocycles. The van der Waals surface area contributed by atoms with Gasteiger partial charge in [-0.25, -0.2) is 0 Å². The molecule has 84 valence electrons. The summed E-state index contributed by atoms with van der Waals surface area (Å²) >= 11 is 0. The molecule has 0 amide bonds. The first-order valence-corrected chi connectivity index (χ1v) is 6.02. The van der Waals surface area contributed by atoms with Crippen molar-refractivity contribution in [2.24, 2.45) is 5.92 Å². The van der Waals surface area contributed by atoms with Crippen LogP contribution in [0.1, 0.15) is 47.0 Å². The van der Waals surface area contributed by atoms with Crippen molar-refractivity contribution in [3.63, 3.8) is 0 Å². The summed E-state index contributed by atoms with van der Waals surface area (Å²) in [6.45, 7) is 9.97. The topological polar surface area (TPSA) is 21.3 Å². The molecule has 1 aliphatic rings. The molecule has 0 spiro atoms. The molecule has 2 nitrogen and oxygen atoms in total. The normalized spacial score (nSPS) is 28.9. The van der Waals surface area contributed by atoms with Gasteiger partial charge in [0.1, 0.15) is 0 Å². The highest BCUT2D eigenvalue weighted by molar-refractivity contribution is 4.86. The molecule has 0 aromatic rings. The SMILES string of the molecule is CCCNC1CC(OC(C)C(C)C)C1. The van der Waals surface area contributed by atoms with Crippen molar-refractivity contribution in [1.29, 1.82) is 0 Å². The predicted octanol–water partition coefficient (Wildman–Crippen LogP) is 2.58. The molecule has 1 atom stereocenters. The minimum atomic E-state index is 0.409. The summed E-state index contributed by atoms with van der Waals surface area (Å²) in [5.74, 6) is 0.637. The van der Waals surface area contributed by atoms with Crippen LogP contribution in [0.2, 0.25) is 0 Å². The minimum absolute atomic E-state index is 0.409. The fourth-order valence-electron chi connectivity index (χ4n) is 1.65. The Morgan fingerprint density at radius 1 is 1.29 bits per heavy atom. The maximum absolute atomic E-state index is 5.92. The maximum Gasteiger partial charge on any atom is 0.0608 e. The molecule has 1 aliphatic carbocycles. The van der Waals surface area contributed by atoms with Gasteiger partial charge in [0.25, 0.3) is 0 Å². The molecule has 0 aliphatic heterocycles. The average Bonchev–Trinajstić information content (AvgIpc) is 2.08. The Morgan fingerprint density at radius 2 is 1.93 bits per heavy atom. The van der Waals surface area contributed by atoms with Crippen molar-refractivity contribution in [2.75, 3.05) is 6.54 Å². The molecule has 1 rings (SSSR count). The van der Waals surface area contributed by atoms with E-state index in [1.165, 1.54) is 19.3 Å². The van der Waals surface area contributed by atoms with E-state index in [0.717, 1.165) is 12.6 Å². The van der Waals surface area contributed by atoms with E-state index in [4.69, 9.17) is 4.74 Å². The standard InChI is InChI=1S/C12H25NO/c1-5-6-13-11-7-12(8-11)14-10(4)9(2)3/h9-13H,5-8H2,1-4H3. The van der Waals surface area contributed by atoms with Gasteiger partial charge in [-0.1, -0.05) is 20.8 Å². The van der Waals surface area contributed by atoms with E-state index < -0.39 is 0 Å². The van der Waals surface area contributed by atoms with Gasteiger partial charge in [-0.15, -0.1) is 0 Å². The summed E-state index contributed by atoms with van der Waals surface area (Å²) < 4.78 is 5.92. The van der Waals surface area contributed by atoms with Crippen LogP contribution in [0, 0.1) is 5.92 Å². The molecule has 0 bridgehead atoms. The van der Waals surface area contributed by atoms with Gasteiger partial charge in [-0.2, -0.15) is 0 Å². The van der Waals surface area contributed by atoms with Crippen molar-refractivity contribution in [2.45, 2.75) is 65.2 Å². The lowest BCUT2D eigenvalue weighted by atomic mass is 9.88. The highest BCUT2D eigenvalue weighted by Gasteiger charge is 2.30. The van der Waals surface area contributed by atoms with E-state index in [2.05, 4.69) is 33.0 Å². The van der Waals surface area contributed by atoms with Crippen LogP contribution in [-0.4, -0.2) is 24.8 Å². The molecule has 1 unspecified atom stereocenters. The number of ether oxygens (including phenoxy) is 1. The second kappa shape index (κ2) is 5.72. The van der Waals surface area contributed by atoms with Crippen LogP contribution in [0.15, 0.2) is 0 Å². The van der Waals surface area contributed by atoms with Crippen LogP contribution in [0.5, 0.6) is 0 Å². The van der Waals surface area contributed by atoms with Gasteiger partial charge < -0.3 is 10.1 Å². The minimum Gasteiger partial charge on any atom is -0.375 e. The maximum atomic E-state index is 5.92. The van der Waals surface area contributed by atoms with Gasteiger partial charge in [-0.3, -0.25) is 0 Å². The smallest absolute Gasteiger partial charge is 0.0608 e. The van der Waals surface area contributed by atoms with Gasteiger partial charge in [0, 0.05) is 6.04 Å². The highest BCUT2D eigenvalue weighted by atomic mass is 16.5. The Bertz CT molecular complexity index is 152. The first-order chi connectivity index (χ1) is 6.63. The Kier molecular flexibility index (Phi) is 4.90. The molecule has 1 saturated carbocycles. The number of hydrogen-bond acceptors (Lipinski definition) is 2. The Balaban J connectivity index is 2.04. The quantitative estimate of drug-likeness (QED) is 0.710. The van der Waals surface area contributed by atoms with Crippen molar-refractivity contribution < 1.29 is 4.74 Å². The molecule has 2 heteroatoms. The van der Waals surface area contributed by atoms with E-state index in [9.17, 15) is 0 Å². The van der Waals surface area contributed by atoms with Gasteiger partial charge in [-0.05, 0) is 38.6 Å². The molecule has 0 radical (unpaired) electrons. The summed E-state index contributed by atoms with van der Waals surface area (Å²) in [6.07, 6.45) is 4.56. The van der Waals surface area contributed by atoms with Gasteiger partial charge in [0.2, 0.25) is 0 Å². The zero-order valence-corrected chi connectivity index (χ0v) is 10.0. The average molecular weight is 199 g/mol. The number of nitrogens with one attached hydrogen (secondary N) is 1. The van der Waals surface area contributed by atoms with Crippen LogP contribution >= 0.6 is 0 Å². The van der Waals surface area contributed by atoms with Crippen LogP contribution in [0.25, 0.3) is 0 Å². The number of rotatable bonds is 6. The van der Waals surface area contributed by atoms with Crippen LogP contribution in [0.3, 0.4) is 0 Å². The summed E-state index contributed by atoms with van der Waals surface area (Å²) in [5.41, 5.74) is 0. The van der Waals surface area contributed by atoms with Crippen molar-refractivity contribution in [1.82, 2.24) is 5.32 Å². The fourth-order valence-corrected chi connectivity index (χ4v) is 1.65. The van der Waals surface area contributed by atoms with Gasteiger partial charge in [0.15, 0.2) is 0 Å². The highest BCUT2D eigenvalue weighted by Crippen LogP contribution is 2.25. The van der Waals surface area contributed by atoms with E-state index in [0.29, 0.717) is 18.1 Å². The van der Waals surface area contributed by atoms with Crippen molar-refractivity contribution in [3.05, 3.63) is 0 Å². The zero-order valence-electron chi connectivity index (χ0n) is 10.0. The van der Waals surface area contributed by atoms with E-state index >= 15 is 0 Å². The molecular weight excluding hydrogens is 174 g/mol. The molecule has 1 N–H and O–H groups in total. The second-order valence-electron chi connectivity index (χ2n) is 4.83. The molecule has 1 fully saturated rings. The fraction of sp³-hybridized carbons (Fsp3) is 1.00. The summed E-state index contributed by atoms with van der Waals surface area (Å²) in [5, 5.41) is 3.52. The third-order valence-corrected chi connectivity index (χ3v) is 3.12. The van der Waals surface area contributed by atoms with Crippen LogP contribution in [0.4, 0.5) is 0 Å². The van der Waals surface area contributed by atoms with E-state index in [1.54, 1.807) is 0 Å². The largest absolute Gasteiger partial charge is 0.375 e. The monoisotopic (exact) mass is 199 g/mol. The first-order valence-electron chi connectivity index (χ1n) is 6.02. The van der Waals surface area contributed by atoms with Gasteiger partial charge in [0.05, 0.1) is 12.2 Å². The molecule has 14 heavy (non-hydrogen) atoms. The van der Waals surface area contributed by atoms with Gasteiger partial charge >= 0.3 is 0 Å². The Hall–Kier alpha value is -0.0800. The Morgan fingerprint density at radius 3 is 2.43 bits per heavy atom. The van der Waals surface area contributed by atoms with Crippen LogP contribution < -0.4 is 5.32 Å². The third-order valence-electron chi connectivity index (χ3n) is 3.12. The molecule has 0 saturated heterocycles. The lowest BCUT2D eigenvalue weighted by Crippen LogP contribution is -2.47. The summed E-state index contributed by atoms with van der Waals surface area (Å²) in [4.78, 5) is 0. The first kappa shape index (κ1) is 12.0. The lowest BCUT2D eigenvalue weighted by Gasteiger charge is -2.38. The lowest BCUT2D eigenvalue weighted by molar-refractivity contribution is -0.0733. The van der Waals surface area contributed by atoms with Crippen LogP contribution in [-0.2, 0) is 4.74 Å². The zero-order chi connectivity index (χ0) is 10.6. The van der Waals surface area contributed by atoms with Crippen molar-refractivity contribution in [3.8, 4) is 0 Å².